The van der Waals surface area contributed by atoms with Gasteiger partial charge in [0.25, 0.3) is 0 Å². The average Bonchev–Trinajstić information content (AvgIpc) is 2.48. The monoisotopic (exact) mass is 429 g/mol. The number of nitrogens with zero attached hydrogens (tertiary/aromatic N) is 1. The third kappa shape index (κ3) is 8.50. The molecule has 0 atom stereocenters. The lowest BCUT2D eigenvalue weighted by atomic mass is 9.99. The second-order valence-electron chi connectivity index (χ2n) is 5.29. The number of hydrogen-bond acceptors (Lipinski definition) is 3. The summed E-state index contributed by atoms with van der Waals surface area (Å²) >= 11 is 2.06. The first-order chi connectivity index (χ1) is 9.76. The summed E-state index contributed by atoms with van der Waals surface area (Å²) in [5.41, 5.74) is 0. The predicted octanol–water partition coefficient (Wildman–Crippen LogP) is 3.26. The Kier molecular flexibility index (Phi) is 13.0. The molecule has 1 aliphatic heterocycles. The van der Waals surface area contributed by atoms with Crippen molar-refractivity contribution in [3.05, 3.63) is 0 Å². The van der Waals surface area contributed by atoms with Crippen LogP contribution in [-0.4, -0.2) is 49.8 Å². The molecule has 1 aliphatic rings. The van der Waals surface area contributed by atoms with Crippen molar-refractivity contribution in [2.24, 2.45) is 4.99 Å². The van der Waals surface area contributed by atoms with E-state index in [0.29, 0.717) is 4.75 Å². The van der Waals surface area contributed by atoms with E-state index in [1.54, 1.807) is 0 Å². The third-order valence-corrected chi connectivity index (χ3v) is 5.18. The fraction of sp³-hybridized carbons (Fsp3) is 0.933. The minimum Gasteiger partial charge on any atom is -0.381 e. The smallest absolute Gasteiger partial charge is 0.191 e. The van der Waals surface area contributed by atoms with Gasteiger partial charge in [-0.05, 0) is 25.0 Å². The average molecular weight is 429 g/mol. The predicted molar refractivity (Wildman–Crippen MR) is 105 cm³/mol. The number of guanidine groups is 1. The van der Waals surface area contributed by atoms with Gasteiger partial charge in [0.1, 0.15) is 0 Å². The zero-order valence-corrected chi connectivity index (χ0v) is 16.9. The highest BCUT2D eigenvalue weighted by Gasteiger charge is 2.32. The molecule has 0 aromatic rings. The van der Waals surface area contributed by atoms with Crippen molar-refractivity contribution in [2.75, 3.05) is 39.1 Å². The van der Waals surface area contributed by atoms with Crippen LogP contribution in [0.15, 0.2) is 4.99 Å². The second kappa shape index (κ2) is 12.8. The number of rotatable bonds is 8. The number of aliphatic imine (C=N–C) groups is 1. The van der Waals surface area contributed by atoms with E-state index in [2.05, 4.69) is 41.2 Å². The van der Waals surface area contributed by atoms with Gasteiger partial charge in [0.15, 0.2) is 5.96 Å². The van der Waals surface area contributed by atoms with Crippen molar-refractivity contribution in [3.8, 4) is 0 Å². The molecule has 6 heteroatoms. The van der Waals surface area contributed by atoms with Gasteiger partial charge in [0, 0.05) is 38.1 Å². The van der Waals surface area contributed by atoms with Crippen molar-refractivity contribution in [2.45, 2.75) is 50.7 Å². The molecule has 2 N–H and O–H groups in total. The first-order valence-electron chi connectivity index (χ1n) is 7.92. The maximum Gasteiger partial charge on any atom is 0.191 e. The van der Waals surface area contributed by atoms with Crippen LogP contribution in [0.2, 0.25) is 0 Å². The summed E-state index contributed by atoms with van der Waals surface area (Å²) in [6, 6.07) is 0. The van der Waals surface area contributed by atoms with Gasteiger partial charge >= 0.3 is 0 Å². The summed E-state index contributed by atoms with van der Waals surface area (Å²) in [6.07, 6.45) is 6.00. The van der Waals surface area contributed by atoms with Crippen molar-refractivity contribution < 1.29 is 4.74 Å². The summed E-state index contributed by atoms with van der Waals surface area (Å²) in [7, 11) is 1.85. The van der Waals surface area contributed by atoms with Crippen LogP contribution in [0.1, 0.15) is 46.0 Å². The Hall–Kier alpha value is 0.310. The van der Waals surface area contributed by atoms with E-state index in [0.717, 1.165) is 50.9 Å². The molecule has 0 unspecified atom stereocenters. The second-order valence-corrected chi connectivity index (χ2v) is 7.02. The fourth-order valence-corrected chi connectivity index (χ4v) is 3.71. The SMILES string of the molecule is CCCCCNC(=NC)NCC1(SCC)CCOCC1.I. The van der Waals surface area contributed by atoms with Gasteiger partial charge in [-0.3, -0.25) is 4.99 Å². The lowest BCUT2D eigenvalue weighted by Crippen LogP contribution is -2.48. The Bertz CT molecular complexity index is 279. The molecule has 126 valence electrons. The van der Waals surface area contributed by atoms with Crippen LogP contribution in [0.5, 0.6) is 0 Å². The van der Waals surface area contributed by atoms with Crippen LogP contribution in [0.25, 0.3) is 0 Å². The molecule has 0 saturated carbocycles. The summed E-state index contributed by atoms with van der Waals surface area (Å²) in [4.78, 5) is 4.32. The van der Waals surface area contributed by atoms with Gasteiger partial charge in [-0.1, -0.05) is 26.7 Å². The van der Waals surface area contributed by atoms with Crippen LogP contribution < -0.4 is 10.6 Å². The van der Waals surface area contributed by atoms with Gasteiger partial charge in [0.05, 0.1) is 0 Å². The molecule has 0 amide bonds. The Morgan fingerprint density at radius 3 is 2.48 bits per heavy atom. The van der Waals surface area contributed by atoms with Gasteiger partial charge in [-0.25, -0.2) is 0 Å². The van der Waals surface area contributed by atoms with E-state index in [1.165, 1.54) is 19.3 Å². The summed E-state index contributed by atoms with van der Waals surface area (Å²) < 4.78 is 5.82. The van der Waals surface area contributed by atoms with Crippen LogP contribution in [0.3, 0.4) is 0 Å². The van der Waals surface area contributed by atoms with Crippen molar-refractivity contribution in [3.63, 3.8) is 0 Å². The topological polar surface area (TPSA) is 45.7 Å². The van der Waals surface area contributed by atoms with Gasteiger partial charge in [0.2, 0.25) is 0 Å². The minimum atomic E-state index is 0. The lowest BCUT2D eigenvalue weighted by Gasteiger charge is -2.37. The zero-order valence-electron chi connectivity index (χ0n) is 13.7. The highest BCUT2D eigenvalue weighted by molar-refractivity contribution is 14.0. The molecule has 21 heavy (non-hydrogen) atoms. The largest absolute Gasteiger partial charge is 0.381 e. The number of nitrogens with one attached hydrogen (secondary N) is 2. The molecule has 1 rings (SSSR count). The van der Waals surface area contributed by atoms with Crippen LogP contribution in [0, 0.1) is 0 Å². The van der Waals surface area contributed by atoms with Crippen LogP contribution in [-0.2, 0) is 4.74 Å². The Morgan fingerprint density at radius 1 is 1.19 bits per heavy atom. The number of unbranched alkanes of at least 4 members (excludes halogenated alkanes) is 2. The van der Waals surface area contributed by atoms with Crippen molar-refractivity contribution >= 4 is 41.7 Å². The van der Waals surface area contributed by atoms with Gasteiger partial charge < -0.3 is 15.4 Å². The molecule has 4 nitrogen and oxygen atoms in total. The lowest BCUT2D eigenvalue weighted by molar-refractivity contribution is 0.0782. The Labute approximate surface area is 151 Å². The molecular weight excluding hydrogens is 397 g/mol. The number of thioether (sulfide) groups is 1. The van der Waals surface area contributed by atoms with E-state index in [-0.39, 0.29) is 24.0 Å². The number of hydrogen-bond donors (Lipinski definition) is 2. The standard InChI is InChI=1S/C15H31N3OS.HI/c1-4-6-7-10-17-14(16-3)18-13-15(20-5-2)8-11-19-12-9-15;/h4-13H2,1-3H3,(H2,16,17,18);1H. The molecule has 1 saturated heterocycles. The zero-order chi connectivity index (χ0) is 14.7. The highest BCUT2D eigenvalue weighted by Crippen LogP contribution is 2.34. The van der Waals surface area contributed by atoms with E-state index < -0.39 is 0 Å². The highest BCUT2D eigenvalue weighted by atomic mass is 127. The van der Waals surface area contributed by atoms with E-state index in [4.69, 9.17) is 4.74 Å². The normalized spacial score (nSPS) is 18.0. The molecule has 1 fully saturated rings. The quantitative estimate of drug-likeness (QED) is 0.269. The summed E-state index contributed by atoms with van der Waals surface area (Å²) in [5.74, 6) is 2.09. The fourth-order valence-electron chi connectivity index (χ4n) is 2.47. The van der Waals surface area contributed by atoms with E-state index in [1.807, 2.05) is 7.05 Å². The van der Waals surface area contributed by atoms with Crippen LogP contribution >= 0.6 is 35.7 Å². The number of halogens is 1. The molecule has 0 bridgehead atoms. The summed E-state index contributed by atoms with van der Waals surface area (Å²) in [5, 5.41) is 6.91. The molecule has 0 aromatic heterocycles. The van der Waals surface area contributed by atoms with Crippen LogP contribution in [0.4, 0.5) is 0 Å². The van der Waals surface area contributed by atoms with E-state index in [9.17, 15) is 0 Å². The molecule has 0 aromatic carbocycles. The molecular formula is C15H32IN3OS. The maximum absolute atomic E-state index is 5.51. The Balaban J connectivity index is 0.00000400. The minimum absolute atomic E-state index is 0. The van der Waals surface area contributed by atoms with Crippen molar-refractivity contribution in [1.82, 2.24) is 10.6 Å². The van der Waals surface area contributed by atoms with Crippen molar-refractivity contribution in [1.29, 1.82) is 0 Å². The van der Waals surface area contributed by atoms with Gasteiger partial charge in [-0.15, -0.1) is 24.0 Å². The first kappa shape index (κ1) is 21.3. The molecule has 0 aliphatic carbocycles. The Morgan fingerprint density at radius 2 is 1.90 bits per heavy atom. The molecule has 0 spiro atoms. The maximum atomic E-state index is 5.51. The summed E-state index contributed by atoms with van der Waals surface area (Å²) in [6.45, 7) is 8.21. The first-order valence-corrected chi connectivity index (χ1v) is 8.91. The van der Waals surface area contributed by atoms with E-state index >= 15 is 0 Å². The van der Waals surface area contributed by atoms with Gasteiger partial charge in [-0.2, -0.15) is 11.8 Å². The number of ether oxygens (including phenoxy) is 1. The third-order valence-electron chi connectivity index (χ3n) is 3.73. The molecule has 0 radical (unpaired) electrons. The molecule has 1 heterocycles.